The fourth-order valence-corrected chi connectivity index (χ4v) is 6.50. The van der Waals surface area contributed by atoms with Gasteiger partial charge in [0, 0.05) is 42.8 Å². The van der Waals surface area contributed by atoms with Crippen LogP contribution in [0.5, 0.6) is 5.75 Å². The lowest BCUT2D eigenvalue weighted by atomic mass is 10.1. The molecule has 1 amide bonds. The van der Waals surface area contributed by atoms with Gasteiger partial charge in [0.25, 0.3) is 10.0 Å². The van der Waals surface area contributed by atoms with Crippen LogP contribution in [0.25, 0.3) is 10.9 Å². The standard InChI is InChI=1S/C32H37N5O5S/c1-24-20-26(29-10-5-6-11-30(29)34-24)23-42-27-12-14-28(15-13-27)43(40,41)37(39)22-31(32(33)38)36-17-7-16-35(18-19-36)21-25-8-3-2-4-9-25/h2-6,8-15,20,31,39H,7,16-19,21-23H2,1H3,(H2,33,38)/t31-/m0/s1. The minimum absolute atomic E-state index is 0.124. The van der Waals surface area contributed by atoms with Crippen molar-refractivity contribution in [2.45, 2.75) is 37.4 Å². The molecule has 11 heteroatoms. The molecule has 0 saturated carbocycles. The van der Waals surface area contributed by atoms with Gasteiger partial charge in [0.05, 0.1) is 17.0 Å². The first kappa shape index (κ1) is 30.6. The highest BCUT2D eigenvalue weighted by molar-refractivity contribution is 7.89. The van der Waals surface area contributed by atoms with Gasteiger partial charge in [-0.15, -0.1) is 0 Å². The van der Waals surface area contributed by atoms with E-state index in [9.17, 15) is 18.4 Å². The number of aryl methyl sites for hydroxylation is 1. The van der Waals surface area contributed by atoms with Crippen molar-refractivity contribution in [1.82, 2.24) is 19.3 Å². The Hall–Kier alpha value is -3.87. The Balaban J connectivity index is 1.21. The van der Waals surface area contributed by atoms with Crippen LogP contribution < -0.4 is 10.5 Å². The summed E-state index contributed by atoms with van der Waals surface area (Å²) in [6.45, 7) is 5.12. The Bertz CT molecular complexity index is 1650. The number of aromatic nitrogens is 1. The molecule has 4 aromatic rings. The number of hydrogen-bond acceptors (Lipinski definition) is 8. The Kier molecular flexibility index (Phi) is 9.69. The smallest absolute Gasteiger partial charge is 0.264 e. The summed E-state index contributed by atoms with van der Waals surface area (Å²) in [7, 11) is -4.30. The van der Waals surface area contributed by atoms with Crippen LogP contribution in [-0.2, 0) is 28.0 Å². The fourth-order valence-electron chi connectivity index (χ4n) is 5.44. The summed E-state index contributed by atoms with van der Waals surface area (Å²) < 4.78 is 32.6. The van der Waals surface area contributed by atoms with Crippen molar-refractivity contribution in [3.05, 3.63) is 102 Å². The van der Waals surface area contributed by atoms with E-state index < -0.39 is 28.5 Å². The molecule has 0 spiro atoms. The largest absolute Gasteiger partial charge is 0.489 e. The first-order valence-electron chi connectivity index (χ1n) is 14.3. The molecule has 3 aromatic carbocycles. The average Bonchev–Trinajstić information content (AvgIpc) is 3.24. The molecule has 3 N–H and O–H groups in total. The predicted octanol–water partition coefficient (Wildman–Crippen LogP) is 3.56. The zero-order chi connectivity index (χ0) is 30.4. The number of pyridine rings is 1. The lowest BCUT2D eigenvalue weighted by Gasteiger charge is -2.30. The molecule has 0 aliphatic carbocycles. The molecule has 0 bridgehead atoms. The number of benzene rings is 3. The summed E-state index contributed by atoms with van der Waals surface area (Å²) in [6, 6.07) is 24.8. The molecule has 43 heavy (non-hydrogen) atoms. The molecule has 1 fully saturated rings. The first-order valence-corrected chi connectivity index (χ1v) is 15.7. The maximum Gasteiger partial charge on any atom is 0.264 e. The summed E-state index contributed by atoms with van der Waals surface area (Å²) in [5.41, 5.74) is 9.63. The molecule has 1 aromatic heterocycles. The maximum absolute atomic E-state index is 13.2. The van der Waals surface area contributed by atoms with Gasteiger partial charge >= 0.3 is 0 Å². The number of carbonyl (C=O) groups is 1. The number of hydroxylamine groups is 1. The average molecular weight is 604 g/mol. The second kappa shape index (κ2) is 13.6. The normalized spacial score (nSPS) is 15.8. The monoisotopic (exact) mass is 603 g/mol. The van der Waals surface area contributed by atoms with Gasteiger partial charge in [-0.25, -0.2) is 8.42 Å². The molecular weight excluding hydrogens is 566 g/mol. The van der Waals surface area contributed by atoms with Gasteiger partial charge in [0.2, 0.25) is 5.91 Å². The molecule has 10 nitrogen and oxygen atoms in total. The Morgan fingerprint density at radius 2 is 1.72 bits per heavy atom. The molecule has 1 aliphatic rings. The number of sulfonamides is 1. The van der Waals surface area contributed by atoms with Crippen LogP contribution in [0, 0.1) is 6.92 Å². The molecule has 226 valence electrons. The van der Waals surface area contributed by atoms with Gasteiger partial charge < -0.3 is 10.5 Å². The van der Waals surface area contributed by atoms with E-state index in [4.69, 9.17) is 10.5 Å². The van der Waals surface area contributed by atoms with Crippen molar-refractivity contribution in [2.24, 2.45) is 5.73 Å². The summed E-state index contributed by atoms with van der Waals surface area (Å²) in [6.07, 6.45) is 0.783. The van der Waals surface area contributed by atoms with Crippen molar-refractivity contribution < 1.29 is 23.2 Å². The zero-order valence-corrected chi connectivity index (χ0v) is 25.0. The van der Waals surface area contributed by atoms with E-state index in [2.05, 4.69) is 22.0 Å². The number of ether oxygens (including phenoxy) is 1. The van der Waals surface area contributed by atoms with Gasteiger partial charge in [0.15, 0.2) is 0 Å². The van der Waals surface area contributed by atoms with E-state index in [-0.39, 0.29) is 16.0 Å². The minimum Gasteiger partial charge on any atom is -0.489 e. The molecular formula is C32H37N5O5S. The van der Waals surface area contributed by atoms with Crippen LogP contribution in [0.3, 0.4) is 0 Å². The Morgan fingerprint density at radius 3 is 2.47 bits per heavy atom. The highest BCUT2D eigenvalue weighted by atomic mass is 32.2. The van der Waals surface area contributed by atoms with Crippen molar-refractivity contribution in [1.29, 1.82) is 0 Å². The van der Waals surface area contributed by atoms with Crippen LogP contribution >= 0.6 is 0 Å². The Labute approximate surface area is 252 Å². The summed E-state index contributed by atoms with van der Waals surface area (Å²) in [4.78, 5) is 21.0. The highest BCUT2D eigenvalue weighted by Crippen LogP contribution is 2.23. The van der Waals surface area contributed by atoms with Gasteiger partial charge in [-0.05, 0) is 61.9 Å². The molecule has 1 atom stereocenters. The summed E-state index contributed by atoms with van der Waals surface area (Å²) in [5, 5.41) is 11.7. The van der Waals surface area contributed by atoms with Crippen LogP contribution in [-0.4, -0.2) is 77.6 Å². The van der Waals surface area contributed by atoms with Crippen LogP contribution in [0.2, 0.25) is 0 Å². The maximum atomic E-state index is 13.2. The number of rotatable bonds is 11. The fraction of sp³-hybridized carbons (Fsp3) is 0.312. The molecule has 0 radical (unpaired) electrons. The second-order valence-corrected chi connectivity index (χ2v) is 12.6. The number of primary amides is 1. The van der Waals surface area contributed by atoms with E-state index in [1.165, 1.54) is 17.7 Å². The van der Waals surface area contributed by atoms with Crippen LogP contribution in [0.1, 0.15) is 23.2 Å². The summed E-state index contributed by atoms with van der Waals surface area (Å²) in [5.74, 6) is -0.213. The van der Waals surface area contributed by atoms with Gasteiger partial charge in [-0.2, -0.15) is 0 Å². The number of amides is 1. The van der Waals surface area contributed by atoms with Crippen molar-refractivity contribution >= 4 is 26.8 Å². The third-order valence-corrected chi connectivity index (χ3v) is 9.27. The van der Waals surface area contributed by atoms with Crippen molar-refractivity contribution in [3.63, 3.8) is 0 Å². The molecule has 0 unspecified atom stereocenters. The SMILES string of the molecule is Cc1cc(COc2ccc(S(=O)(=O)N(O)C[C@@H](C(N)=O)N3CCCN(Cc4ccccc4)CC3)cc2)c2ccccc2n1. The van der Waals surface area contributed by atoms with E-state index in [0.29, 0.717) is 25.4 Å². The number of nitrogens with two attached hydrogens (primary N) is 1. The number of nitrogens with zero attached hydrogens (tertiary/aromatic N) is 4. The van der Waals surface area contributed by atoms with E-state index in [1.54, 1.807) is 12.1 Å². The van der Waals surface area contributed by atoms with E-state index in [0.717, 1.165) is 41.7 Å². The first-order chi connectivity index (χ1) is 20.7. The third-order valence-electron chi connectivity index (χ3n) is 7.69. The van der Waals surface area contributed by atoms with Crippen LogP contribution in [0.4, 0.5) is 0 Å². The number of carbonyl (C=O) groups excluding carboxylic acids is 1. The number of fused-ring (bicyclic) bond motifs is 1. The van der Waals surface area contributed by atoms with Crippen LogP contribution in [0.15, 0.2) is 89.8 Å². The van der Waals surface area contributed by atoms with Crippen molar-refractivity contribution in [3.8, 4) is 5.75 Å². The number of hydrogen-bond donors (Lipinski definition) is 2. The van der Waals surface area contributed by atoms with Crippen molar-refractivity contribution in [2.75, 3.05) is 32.7 Å². The highest BCUT2D eigenvalue weighted by Gasteiger charge is 2.33. The van der Waals surface area contributed by atoms with E-state index in [1.807, 2.05) is 60.4 Å². The predicted molar refractivity (Wildman–Crippen MR) is 164 cm³/mol. The molecule has 2 heterocycles. The van der Waals surface area contributed by atoms with E-state index >= 15 is 0 Å². The van der Waals surface area contributed by atoms with Gasteiger partial charge in [-0.1, -0.05) is 53.0 Å². The quantitative estimate of drug-likeness (QED) is 0.249. The topological polar surface area (TPSA) is 129 Å². The molecule has 1 aliphatic heterocycles. The lowest BCUT2D eigenvalue weighted by molar-refractivity contribution is -0.126. The summed E-state index contributed by atoms with van der Waals surface area (Å²) >= 11 is 0. The number of para-hydroxylation sites is 1. The molecule has 5 rings (SSSR count). The molecule has 1 saturated heterocycles. The lowest BCUT2D eigenvalue weighted by Crippen LogP contribution is -2.52. The van der Waals surface area contributed by atoms with Gasteiger partial charge in [-0.3, -0.25) is 24.8 Å². The minimum atomic E-state index is -4.30. The second-order valence-electron chi connectivity index (χ2n) is 10.8. The van der Waals surface area contributed by atoms with Gasteiger partial charge in [0.1, 0.15) is 18.4 Å². The Morgan fingerprint density at radius 1 is 1.00 bits per heavy atom. The third kappa shape index (κ3) is 7.56. The zero-order valence-electron chi connectivity index (χ0n) is 24.2.